The number of piperazine rings is 1. The molecule has 7 heteroatoms. The van der Waals surface area contributed by atoms with Crippen LogP contribution in [0.2, 0.25) is 5.02 Å². The maximum Gasteiger partial charge on any atom is 0.227 e. The fourth-order valence-corrected chi connectivity index (χ4v) is 3.68. The van der Waals surface area contributed by atoms with Crippen LogP contribution in [0.5, 0.6) is 0 Å². The predicted octanol–water partition coefficient (Wildman–Crippen LogP) is 3.59. The summed E-state index contributed by atoms with van der Waals surface area (Å²) in [6.45, 7) is 6.22. The van der Waals surface area contributed by atoms with E-state index in [0.29, 0.717) is 24.5 Å². The van der Waals surface area contributed by atoms with Crippen molar-refractivity contribution in [3.8, 4) is 0 Å². The summed E-state index contributed by atoms with van der Waals surface area (Å²) in [6.07, 6.45) is 1.84. The second-order valence-corrected chi connectivity index (χ2v) is 6.65. The highest BCUT2D eigenvalue weighted by Gasteiger charge is 2.30. The number of aryl methyl sites for hydroxylation is 2. The number of aromatic nitrogens is 1. The van der Waals surface area contributed by atoms with E-state index in [1.165, 1.54) is 0 Å². The molecular weight excluding hydrogens is 373 g/mol. The topological polar surface area (TPSA) is 58.4 Å². The first-order chi connectivity index (χ1) is 12.2. The number of rotatable bonds is 5. The maximum absolute atomic E-state index is 13.1. The number of amides is 1. The van der Waals surface area contributed by atoms with E-state index in [2.05, 4.69) is 10.5 Å². The molecule has 142 valence electrons. The fourth-order valence-electron chi connectivity index (χ4n) is 3.42. The third-order valence-electron chi connectivity index (χ3n) is 4.76. The zero-order chi connectivity index (χ0) is 17.8. The minimum absolute atomic E-state index is 0. The van der Waals surface area contributed by atoms with Crippen LogP contribution in [0.15, 0.2) is 28.8 Å². The van der Waals surface area contributed by atoms with E-state index in [9.17, 15) is 4.79 Å². The molecule has 1 N–H and O–H groups in total. The smallest absolute Gasteiger partial charge is 0.227 e. The molecule has 5 nitrogen and oxygen atoms in total. The van der Waals surface area contributed by atoms with Crippen LogP contribution in [-0.4, -0.2) is 35.6 Å². The first kappa shape index (κ1) is 20.7. The summed E-state index contributed by atoms with van der Waals surface area (Å²) in [4.78, 5) is 15.0. The summed E-state index contributed by atoms with van der Waals surface area (Å²) >= 11 is 6.37. The molecule has 1 aromatic heterocycles. The van der Waals surface area contributed by atoms with E-state index in [0.717, 1.165) is 42.0 Å². The Hall–Kier alpha value is -1.56. The van der Waals surface area contributed by atoms with Crippen molar-refractivity contribution in [3.63, 3.8) is 0 Å². The normalized spacial score (nSPS) is 17.0. The minimum atomic E-state index is -0.0510. The van der Waals surface area contributed by atoms with Gasteiger partial charge in [0.15, 0.2) is 0 Å². The Morgan fingerprint density at radius 3 is 2.81 bits per heavy atom. The Morgan fingerprint density at radius 2 is 2.12 bits per heavy atom. The van der Waals surface area contributed by atoms with Crippen molar-refractivity contribution >= 4 is 29.9 Å². The van der Waals surface area contributed by atoms with Crippen molar-refractivity contribution < 1.29 is 9.32 Å². The van der Waals surface area contributed by atoms with Crippen molar-refractivity contribution in [1.82, 2.24) is 15.4 Å². The number of carbonyl (C=O) groups is 1. The molecule has 0 spiro atoms. The number of benzene rings is 1. The maximum atomic E-state index is 13.1. The van der Waals surface area contributed by atoms with Crippen LogP contribution in [-0.2, 0) is 24.1 Å². The van der Waals surface area contributed by atoms with Crippen LogP contribution in [0.3, 0.4) is 0 Å². The van der Waals surface area contributed by atoms with Gasteiger partial charge in [0, 0.05) is 36.6 Å². The average Bonchev–Trinajstić information content (AvgIpc) is 3.03. The second-order valence-electron chi connectivity index (χ2n) is 6.24. The molecule has 0 aliphatic carbocycles. The first-order valence-corrected chi connectivity index (χ1v) is 9.24. The summed E-state index contributed by atoms with van der Waals surface area (Å²) in [5, 5.41) is 8.18. The summed E-state index contributed by atoms with van der Waals surface area (Å²) in [7, 11) is 0. The predicted molar refractivity (Wildman–Crippen MR) is 105 cm³/mol. The van der Waals surface area contributed by atoms with E-state index in [1.807, 2.05) is 43.0 Å². The Bertz CT molecular complexity index is 727. The van der Waals surface area contributed by atoms with Gasteiger partial charge in [-0.3, -0.25) is 4.79 Å². The molecule has 0 bridgehead atoms. The lowest BCUT2D eigenvalue weighted by Crippen LogP contribution is -2.49. The summed E-state index contributed by atoms with van der Waals surface area (Å²) in [5.41, 5.74) is 2.82. The Kier molecular flexibility index (Phi) is 7.50. The third-order valence-corrected chi connectivity index (χ3v) is 5.11. The minimum Gasteiger partial charge on any atom is -0.361 e. The van der Waals surface area contributed by atoms with Gasteiger partial charge in [-0.15, -0.1) is 12.4 Å². The summed E-state index contributed by atoms with van der Waals surface area (Å²) in [5.74, 6) is 0.911. The number of halogens is 2. The zero-order valence-corrected chi connectivity index (χ0v) is 16.7. The van der Waals surface area contributed by atoms with E-state index in [-0.39, 0.29) is 24.4 Å². The van der Waals surface area contributed by atoms with Crippen LogP contribution in [0, 0.1) is 0 Å². The lowest BCUT2D eigenvalue weighted by atomic mass is 10.0. The molecule has 1 atom stereocenters. The first-order valence-electron chi connectivity index (χ1n) is 8.86. The largest absolute Gasteiger partial charge is 0.361 e. The molecule has 1 aliphatic rings. The van der Waals surface area contributed by atoms with Crippen LogP contribution in [0.1, 0.15) is 42.5 Å². The van der Waals surface area contributed by atoms with Gasteiger partial charge in [0.1, 0.15) is 5.76 Å². The van der Waals surface area contributed by atoms with Crippen molar-refractivity contribution in [2.75, 3.05) is 19.6 Å². The van der Waals surface area contributed by atoms with Crippen LogP contribution in [0.4, 0.5) is 0 Å². The number of hydrogen-bond donors (Lipinski definition) is 1. The van der Waals surface area contributed by atoms with Crippen LogP contribution < -0.4 is 5.32 Å². The molecule has 1 aliphatic heterocycles. The number of hydrogen-bond acceptors (Lipinski definition) is 4. The van der Waals surface area contributed by atoms with Crippen molar-refractivity contribution in [3.05, 3.63) is 51.9 Å². The molecule has 3 rings (SSSR count). The zero-order valence-electron chi connectivity index (χ0n) is 15.1. The van der Waals surface area contributed by atoms with Gasteiger partial charge in [-0.2, -0.15) is 0 Å². The highest BCUT2D eigenvalue weighted by molar-refractivity contribution is 6.31. The monoisotopic (exact) mass is 397 g/mol. The van der Waals surface area contributed by atoms with Gasteiger partial charge in [0.05, 0.1) is 18.2 Å². The highest BCUT2D eigenvalue weighted by atomic mass is 35.5. The SMILES string of the molecule is CCc1noc(CC)c1CC(=O)N1CCNCC1c1ccccc1Cl.Cl. The molecule has 1 amide bonds. The molecule has 26 heavy (non-hydrogen) atoms. The summed E-state index contributed by atoms with van der Waals surface area (Å²) in [6, 6.07) is 7.69. The van der Waals surface area contributed by atoms with Crippen molar-refractivity contribution in [2.24, 2.45) is 0 Å². The van der Waals surface area contributed by atoms with Gasteiger partial charge >= 0.3 is 0 Å². The third kappa shape index (κ3) is 4.22. The lowest BCUT2D eigenvalue weighted by molar-refractivity contribution is -0.133. The lowest BCUT2D eigenvalue weighted by Gasteiger charge is -2.37. The molecule has 1 fully saturated rings. The molecule has 0 radical (unpaired) electrons. The van der Waals surface area contributed by atoms with Crippen molar-refractivity contribution in [1.29, 1.82) is 0 Å². The van der Waals surface area contributed by atoms with Gasteiger partial charge in [-0.05, 0) is 18.1 Å². The van der Waals surface area contributed by atoms with Crippen molar-refractivity contribution in [2.45, 2.75) is 39.2 Å². The molecule has 2 heterocycles. The highest BCUT2D eigenvalue weighted by Crippen LogP contribution is 2.29. The number of nitrogens with zero attached hydrogens (tertiary/aromatic N) is 2. The van der Waals surface area contributed by atoms with Gasteiger partial charge in [0.25, 0.3) is 0 Å². The molecular formula is C19H25Cl2N3O2. The van der Waals surface area contributed by atoms with Crippen LogP contribution in [0.25, 0.3) is 0 Å². The quantitative estimate of drug-likeness (QED) is 0.837. The van der Waals surface area contributed by atoms with E-state index in [1.54, 1.807) is 0 Å². The van der Waals surface area contributed by atoms with Gasteiger partial charge < -0.3 is 14.7 Å². The average molecular weight is 398 g/mol. The Labute approximate surface area is 165 Å². The number of carbonyl (C=O) groups excluding carboxylic acids is 1. The standard InChI is InChI=1S/C19H24ClN3O2.ClH/c1-3-16-14(18(4-2)25-22-16)11-19(24)23-10-9-21-12-17(23)13-7-5-6-8-15(13)20;/h5-8,17,21H,3-4,9-12H2,1-2H3;1H. The van der Waals surface area contributed by atoms with Crippen LogP contribution >= 0.6 is 24.0 Å². The van der Waals surface area contributed by atoms with E-state index < -0.39 is 0 Å². The molecule has 0 saturated carbocycles. The van der Waals surface area contributed by atoms with Gasteiger partial charge in [-0.1, -0.05) is 48.8 Å². The molecule has 1 unspecified atom stereocenters. The van der Waals surface area contributed by atoms with Gasteiger partial charge in [0.2, 0.25) is 5.91 Å². The Morgan fingerprint density at radius 1 is 1.35 bits per heavy atom. The summed E-state index contributed by atoms with van der Waals surface area (Å²) < 4.78 is 5.40. The molecule has 1 saturated heterocycles. The fraction of sp³-hybridized carbons (Fsp3) is 0.474. The number of nitrogens with one attached hydrogen (secondary N) is 1. The Balaban J connectivity index is 0.00000243. The van der Waals surface area contributed by atoms with E-state index >= 15 is 0 Å². The molecule has 2 aromatic rings. The second kappa shape index (κ2) is 9.40. The van der Waals surface area contributed by atoms with Gasteiger partial charge in [-0.25, -0.2) is 0 Å². The molecule has 1 aromatic carbocycles. The van der Waals surface area contributed by atoms with E-state index in [4.69, 9.17) is 16.1 Å².